The highest BCUT2D eigenvalue weighted by Crippen LogP contribution is 2.51. The molecule has 0 bridgehead atoms. The van der Waals surface area contributed by atoms with Gasteiger partial charge < -0.3 is 29.8 Å². The molecule has 2 aromatic carbocycles. The number of rotatable bonds is 4. The van der Waals surface area contributed by atoms with E-state index in [0.29, 0.717) is 28.6 Å². The molecule has 148 valence electrons. The van der Waals surface area contributed by atoms with Crippen LogP contribution >= 0.6 is 0 Å². The number of methoxy groups -OCH3 is 1. The minimum absolute atomic E-state index is 0.0500. The van der Waals surface area contributed by atoms with Crippen LogP contribution in [-0.2, 0) is 0 Å². The number of phenols is 1. The molecule has 4 rings (SSSR count). The fourth-order valence-corrected chi connectivity index (χ4v) is 3.70. The van der Waals surface area contributed by atoms with Crippen molar-refractivity contribution in [2.24, 2.45) is 11.7 Å². The predicted molar refractivity (Wildman–Crippen MR) is 98.5 cm³/mol. The summed E-state index contributed by atoms with van der Waals surface area (Å²) >= 11 is 0. The molecular formula is C19H21N3O6. The van der Waals surface area contributed by atoms with E-state index in [4.69, 9.17) is 24.7 Å². The standard InChI is InChI=1S/C19H21N3O6/c1-9-16(10-4-3-5-12(25-2)17(10)23)11-6-14-15(27-8-26-14)7-13(11)28-18(9)21-22-19(20)24/h3-7,9,16,18,21,23H,8H2,1-2H3,(H3,20,22,24)/t9-,16+,18?/m1/s1. The van der Waals surface area contributed by atoms with Crippen molar-refractivity contribution < 1.29 is 28.8 Å². The molecule has 0 saturated heterocycles. The van der Waals surface area contributed by atoms with Crippen LogP contribution in [0.25, 0.3) is 0 Å². The lowest BCUT2D eigenvalue weighted by molar-refractivity contribution is 0.0687. The number of urea groups is 1. The predicted octanol–water partition coefficient (Wildman–Crippen LogP) is 1.79. The van der Waals surface area contributed by atoms with E-state index < -0.39 is 12.3 Å². The minimum Gasteiger partial charge on any atom is -0.504 e. The molecule has 2 amide bonds. The fourth-order valence-electron chi connectivity index (χ4n) is 3.70. The lowest BCUT2D eigenvalue weighted by atomic mass is 9.78. The molecule has 2 aromatic rings. The number of amides is 2. The maximum absolute atomic E-state index is 11.1. The van der Waals surface area contributed by atoms with Crippen LogP contribution in [0.5, 0.6) is 28.7 Å². The SMILES string of the molecule is COc1cccc([C@H]2c3cc4c(cc3OC(NNC(N)=O)[C@@H]2C)OCO4)c1O. The Morgan fingerprint density at radius 3 is 2.68 bits per heavy atom. The molecule has 0 aliphatic carbocycles. The smallest absolute Gasteiger partial charge is 0.326 e. The molecule has 0 radical (unpaired) electrons. The van der Waals surface area contributed by atoms with Gasteiger partial charge in [0.25, 0.3) is 0 Å². The molecule has 3 atom stereocenters. The number of fused-ring (bicyclic) bond motifs is 2. The molecule has 0 aromatic heterocycles. The number of ether oxygens (including phenoxy) is 4. The Hall–Kier alpha value is -3.33. The van der Waals surface area contributed by atoms with Gasteiger partial charge in [0, 0.05) is 29.0 Å². The summed E-state index contributed by atoms with van der Waals surface area (Å²) < 4.78 is 22.3. The Bertz CT molecular complexity index is 919. The first-order valence-electron chi connectivity index (χ1n) is 8.76. The van der Waals surface area contributed by atoms with Crippen LogP contribution in [0.3, 0.4) is 0 Å². The second-order valence-corrected chi connectivity index (χ2v) is 6.65. The summed E-state index contributed by atoms with van der Waals surface area (Å²) in [5.41, 5.74) is 11.8. The monoisotopic (exact) mass is 387 g/mol. The number of hydrogen-bond donors (Lipinski definition) is 4. The van der Waals surface area contributed by atoms with Crippen molar-refractivity contribution in [2.75, 3.05) is 13.9 Å². The highest BCUT2D eigenvalue weighted by molar-refractivity contribution is 5.71. The first kappa shape index (κ1) is 18.1. The summed E-state index contributed by atoms with van der Waals surface area (Å²) in [5.74, 6) is 1.69. The van der Waals surface area contributed by atoms with Gasteiger partial charge in [-0.05, 0) is 12.1 Å². The number of nitrogens with two attached hydrogens (primary N) is 1. The van der Waals surface area contributed by atoms with Gasteiger partial charge in [0.2, 0.25) is 6.79 Å². The maximum Gasteiger partial charge on any atom is 0.326 e. The largest absolute Gasteiger partial charge is 0.504 e. The molecule has 28 heavy (non-hydrogen) atoms. The van der Waals surface area contributed by atoms with Gasteiger partial charge in [0.1, 0.15) is 5.75 Å². The molecule has 0 spiro atoms. The zero-order chi connectivity index (χ0) is 19.8. The van der Waals surface area contributed by atoms with Gasteiger partial charge in [-0.25, -0.2) is 4.79 Å². The molecule has 2 heterocycles. The topological polar surface area (TPSA) is 124 Å². The van der Waals surface area contributed by atoms with Gasteiger partial charge in [-0.15, -0.1) is 0 Å². The van der Waals surface area contributed by atoms with Gasteiger partial charge in [-0.1, -0.05) is 19.1 Å². The van der Waals surface area contributed by atoms with Crippen LogP contribution in [-0.4, -0.2) is 31.3 Å². The summed E-state index contributed by atoms with van der Waals surface area (Å²) in [7, 11) is 1.50. The Balaban J connectivity index is 1.82. The van der Waals surface area contributed by atoms with E-state index >= 15 is 0 Å². The number of primary amides is 1. The van der Waals surface area contributed by atoms with Crippen LogP contribution in [0.15, 0.2) is 30.3 Å². The van der Waals surface area contributed by atoms with Crippen LogP contribution in [0, 0.1) is 5.92 Å². The number of phenolic OH excluding ortho intramolecular Hbond substituents is 1. The lowest BCUT2D eigenvalue weighted by Crippen LogP contribution is -2.54. The zero-order valence-electron chi connectivity index (χ0n) is 15.4. The molecule has 1 unspecified atom stereocenters. The number of nitrogens with one attached hydrogen (secondary N) is 2. The van der Waals surface area contributed by atoms with Gasteiger partial charge in [-0.2, -0.15) is 5.43 Å². The average Bonchev–Trinajstić information content (AvgIpc) is 3.13. The second kappa shape index (κ2) is 7.01. The first-order chi connectivity index (χ1) is 13.5. The number of hydrazine groups is 1. The van der Waals surface area contributed by atoms with Gasteiger partial charge >= 0.3 is 6.03 Å². The summed E-state index contributed by atoms with van der Waals surface area (Å²) in [6, 6.07) is 8.20. The van der Waals surface area contributed by atoms with Crippen molar-refractivity contribution in [3.63, 3.8) is 0 Å². The third-order valence-electron chi connectivity index (χ3n) is 5.02. The van der Waals surface area contributed by atoms with Crippen LogP contribution in [0.2, 0.25) is 0 Å². The van der Waals surface area contributed by atoms with Gasteiger partial charge in [0.15, 0.2) is 29.2 Å². The fraction of sp³-hybridized carbons (Fsp3) is 0.316. The summed E-state index contributed by atoms with van der Waals surface area (Å²) in [6.45, 7) is 2.07. The van der Waals surface area contributed by atoms with Gasteiger partial charge in [-0.3, -0.25) is 5.43 Å². The summed E-state index contributed by atoms with van der Waals surface area (Å²) in [5, 5.41) is 10.8. The van der Waals surface area contributed by atoms with E-state index in [1.165, 1.54) is 7.11 Å². The molecule has 2 aliphatic rings. The third kappa shape index (κ3) is 2.99. The van der Waals surface area contributed by atoms with Crippen molar-refractivity contribution >= 4 is 6.03 Å². The summed E-state index contributed by atoms with van der Waals surface area (Å²) in [4.78, 5) is 11.1. The van der Waals surface area contributed by atoms with Crippen molar-refractivity contribution in [1.82, 2.24) is 10.9 Å². The molecule has 0 fully saturated rings. The zero-order valence-corrected chi connectivity index (χ0v) is 15.4. The first-order valence-corrected chi connectivity index (χ1v) is 8.76. The third-order valence-corrected chi connectivity index (χ3v) is 5.02. The normalized spacial score (nSPS) is 22.1. The second-order valence-electron chi connectivity index (χ2n) is 6.65. The Labute approximate surface area is 161 Å². The molecule has 9 nitrogen and oxygen atoms in total. The number of para-hydroxylation sites is 1. The average molecular weight is 387 g/mol. The Kier molecular flexibility index (Phi) is 4.52. The maximum atomic E-state index is 11.1. The number of aromatic hydroxyl groups is 1. The van der Waals surface area contributed by atoms with E-state index in [9.17, 15) is 9.90 Å². The van der Waals surface area contributed by atoms with E-state index in [2.05, 4.69) is 10.9 Å². The van der Waals surface area contributed by atoms with Crippen molar-refractivity contribution in [3.05, 3.63) is 41.5 Å². The number of carbonyl (C=O) groups is 1. The van der Waals surface area contributed by atoms with E-state index in [-0.39, 0.29) is 24.4 Å². The van der Waals surface area contributed by atoms with Crippen LogP contribution in [0.4, 0.5) is 4.79 Å². The molecule has 9 heteroatoms. The lowest BCUT2D eigenvalue weighted by Gasteiger charge is -2.38. The molecular weight excluding hydrogens is 366 g/mol. The van der Waals surface area contributed by atoms with Crippen molar-refractivity contribution in [2.45, 2.75) is 19.1 Å². The Morgan fingerprint density at radius 2 is 1.96 bits per heavy atom. The number of benzene rings is 2. The molecule has 5 N–H and O–H groups in total. The highest BCUT2D eigenvalue weighted by atomic mass is 16.7. The van der Waals surface area contributed by atoms with E-state index in [0.717, 1.165) is 5.56 Å². The summed E-state index contributed by atoms with van der Waals surface area (Å²) in [6.07, 6.45) is -0.601. The van der Waals surface area contributed by atoms with Crippen LogP contribution in [0.1, 0.15) is 24.0 Å². The molecule has 2 aliphatic heterocycles. The minimum atomic E-state index is -0.729. The number of carbonyl (C=O) groups excluding carboxylic acids is 1. The quantitative estimate of drug-likeness (QED) is 0.590. The van der Waals surface area contributed by atoms with Crippen molar-refractivity contribution in [1.29, 1.82) is 0 Å². The molecule has 0 saturated carbocycles. The van der Waals surface area contributed by atoms with Crippen molar-refractivity contribution in [3.8, 4) is 28.7 Å². The van der Waals surface area contributed by atoms with E-state index in [1.807, 2.05) is 25.1 Å². The number of hydrogen-bond acceptors (Lipinski definition) is 7. The Morgan fingerprint density at radius 1 is 1.21 bits per heavy atom. The highest BCUT2D eigenvalue weighted by Gasteiger charge is 2.39. The van der Waals surface area contributed by atoms with E-state index in [1.54, 1.807) is 12.1 Å². The van der Waals surface area contributed by atoms with Gasteiger partial charge in [0.05, 0.1) is 7.11 Å². The van der Waals surface area contributed by atoms with Crippen LogP contribution < -0.4 is 35.5 Å².